The molecule has 0 amide bonds. The molecule has 0 atom stereocenters. The summed E-state index contributed by atoms with van der Waals surface area (Å²) in [5.74, 6) is 1.74. The molecule has 84 valence electrons. The maximum atomic E-state index is 5.42. The highest BCUT2D eigenvalue weighted by Gasteiger charge is 2.03. The number of aromatic amines is 1. The predicted octanol–water partition coefficient (Wildman–Crippen LogP) is 1.45. The van der Waals surface area contributed by atoms with Crippen molar-refractivity contribution in [3.63, 3.8) is 0 Å². The first-order valence-corrected chi connectivity index (χ1v) is 6.15. The van der Waals surface area contributed by atoms with Crippen LogP contribution in [0.1, 0.15) is 11.4 Å². The molecule has 3 N–H and O–H groups in total. The van der Waals surface area contributed by atoms with Gasteiger partial charge in [-0.1, -0.05) is 42.1 Å². The average molecular weight is 234 g/mol. The number of hydrogen-bond acceptors (Lipinski definition) is 4. The van der Waals surface area contributed by atoms with Gasteiger partial charge in [0.15, 0.2) is 0 Å². The fourth-order valence-corrected chi connectivity index (χ4v) is 1.95. The normalized spacial score (nSPS) is 10.6. The summed E-state index contributed by atoms with van der Waals surface area (Å²) in [7, 11) is 0. The summed E-state index contributed by atoms with van der Waals surface area (Å²) in [6.45, 7) is 0.646. The molecule has 2 rings (SSSR count). The number of hydrogen-bond donors (Lipinski definition) is 2. The van der Waals surface area contributed by atoms with Crippen LogP contribution < -0.4 is 5.73 Å². The molecule has 5 heteroatoms. The van der Waals surface area contributed by atoms with Crippen LogP contribution in [0.2, 0.25) is 0 Å². The molecule has 1 aromatic heterocycles. The summed E-state index contributed by atoms with van der Waals surface area (Å²) in [6, 6.07) is 10.2. The lowest BCUT2D eigenvalue weighted by Gasteiger charge is -1.95. The molecular weight excluding hydrogens is 220 g/mol. The standard InChI is InChI=1S/C11H14N4S/c12-6-7-16-11-13-10(14-15-11)8-9-4-2-1-3-5-9/h1-5H,6-8,12H2,(H,13,14,15). The summed E-state index contributed by atoms with van der Waals surface area (Å²) in [5.41, 5.74) is 6.65. The molecule has 0 fully saturated rings. The van der Waals surface area contributed by atoms with Gasteiger partial charge in [0.25, 0.3) is 0 Å². The Bertz CT molecular complexity index is 427. The minimum Gasteiger partial charge on any atom is -0.330 e. The van der Waals surface area contributed by atoms with E-state index in [0.717, 1.165) is 23.2 Å². The van der Waals surface area contributed by atoms with Crippen LogP contribution in [0.3, 0.4) is 0 Å². The van der Waals surface area contributed by atoms with E-state index in [2.05, 4.69) is 27.3 Å². The van der Waals surface area contributed by atoms with E-state index in [9.17, 15) is 0 Å². The first kappa shape index (κ1) is 11.2. The van der Waals surface area contributed by atoms with Crippen molar-refractivity contribution in [2.75, 3.05) is 12.3 Å². The number of benzene rings is 1. The molecule has 0 saturated carbocycles. The highest BCUT2D eigenvalue weighted by Crippen LogP contribution is 2.12. The Kier molecular flexibility index (Phi) is 3.96. The summed E-state index contributed by atoms with van der Waals surface area (Å²) in [6.07, 6.45) is 0.789. The van der Waals surface area contributed by atoms with E-state index in [1.807, 2.05) is 18.2 Å². The number of rotatable bonds is 5. The minimum absolute atomic E-state index is 0.646. The van der Waals surface area contributed by atoms with Crippen molar-refractivity contribution in [1.29, 1.82) is 0 Å². The molecule has 0 bridgehead atoms. The molecule has 16 heavy (non-hydrogen) atoms. The van der Waals surface area contributed by atoms with Gasteiger partial charge in [-0.05, 0) is 5.56 Å². The van der Waals surface area contributed by atoms with E-state index in [4.69, 9.17) is 5.73 Å². The minimum atomic E-state index is 0.646. The Morgan fingerprint density at radius 1 is 1.25 bits per heavy atom. The van der Waals surface area contributed by atoms with Gasteiger partial charge < -0.3 is 5.73 Å². The second-order valence-electron chi connectivity index (χ2n) is 3.36. The van der Waals surface area contributed by atoms with Crippen LogP contribution in [0.25, 0.3) is 0 Å². The SMILES string of the molecule is NCCSc1n[nH]c(Cc2ccccc2)n1. The predicted molar refractivity (Wildman–Crippen MR) is 65.4 cm³/mol. The fourth-order valence-electron chi connectivity index (χ4n) is 1.36. The molecule has 0 radical (unpaired) electrons. The van der Waals surface area contributed by atoms with E-state index in [-0.39, 0.29) is 0 Å². The van der Waals surface area contributed by atoms with Gasteiger partial charge in [0, 0.05) is 18.7 Å². The van der Waals surface area contributed by atoms with Gasteiger partial charge in [-0.25, -0.2) is 4.98 Å². The molecule has 0 saturated heterocycles. The smallest absolute Gasteiger partial charge is 0.208 e. The van der Waals surface area contributed by atoms with Crippen LogP contribution in [0.4, 0.5) is 0 Å². The first-order valence-electron chi connectivity index (χ1n) is 5.16. The van der Waals surface area contributed by atoms with E-state index < -0.39 is 0 Å². The van der Waals surface area contributed by atoms with Gasteiger partial charge in [-0.3, -0.25) is 5.10 Å². The first-order chi connectivity index (χ1) is 7.88. The zero-order chi connectivity index (χ0) is 11.2. The third-order valence-corrected chi connectivity index (χ3v) is 2.96. The largest absolute Gasteiger partial charge is 0.330 e. The zero-order valence-corrected chi connectivity index (χ0v) is 9.70. The molecule has 0 aliphatic carbocycles. The quantitative estimate of drug-likeness (QED) is 0.768. The molecule has 1 heterocycles. The summed E-state index contributed by atoms with van der Waals surface area (Å²) < 4.78 is 0. The van der Waals surface area contributed by atoms with Gasteiger partial charge in [-0.2, -0.15) is 0 Å². The van der Waals surface area contributed by atoms with Gasteiger partial charge in [-0.15, -0.1) is 5.10 Å². The highest BCUT2D eigenvalue weighted by atomic mass is 32.2. The average Bonchev–Trinajstić information content (AvgIpc) is 2.75. The Labute approximate surface area is 98.7 Å². The molecule has 0 unspecified atom stereocenters. The van der Waals surface area contributed by atoms with Crippen molar-refractivity contribution >= 4 is 11.8 Å². The molecular formula is C11H14N4S. The van der Waals surface area contributed by atoms with Crippen LogP contribution >= 0.6 is 11.8 Å². The Hall–Kier alpha value is -1.33. The second kappa shape index (κ2) is 5.67. The number of H-pyrrole nitrogens is 1. The van der Waals surface area contributed by atoms with E-state index in [1.165, 1.54) is 5.56 Å². The summed E-state index contributed by atoms with van der Waals surface area (Å²) in [4.78, 5) is 4.38. The van der Waals surface area contributed by atoms with Crippen molar-refractivity contribution < 1.29 is 0 Å². The molecule has 0 spiro atoms. The monoisotopic (exact) mass is 234 g/mol. The van der Waals surface area contributed by atoms with Crippen LogP contribution in [0.15, 0.2) is 35.5 Å². The highest BCUT2D eigenvalue weighted by molar-refractivity contribution is 7.99. The van der Waals surface area contributed by atoms with Crippen molar-refractivity contribution in [3.05, 3.63) is 41.7 Å². The van der Waals surface area contributed by atoms with Crippen LogP contribution in [-0.4, -0.2) is 27.5 Å². The molecule has 0 aliphatic heterocycles. The van der Waals surface area contributed by atoms with Crippen LogP contribution in [0.5, 0.6) is 0 Å². The number of thioether (sulfide) groups is 1. The van der Waals surface area contributed by atoms with Gasteiger partial charge in [0.1, 0.15) is 5.82 Å². The van der Waals surface area contributed by atoms with Gasteiger partial charge >= 0.3 is 0 Å². The van der Waals surface area contributed by atoms with E-state index in [1.54, 1.807) is 11.8 Å². The summed E-state index contributed by atoms with van der Waals surface area (Å²) >= 11 is 1.57. The number of nitrogens with zero attached hydrogens (tertiary/aromatic N) is 2. The third kappa shape index (κ3) is 3.08. The lowest BCUT2D eigenvalue weighted by atomic mass is 10.1. The van der Waals surface area contributed by atoms with Gasteiger partial charge in [0.05, 0.1) is 0 Å². The Morgan fingerprint density at radius 3 is 2.81 bits per heavy atom. The number of nitrogens with two attached hydrogens (primary N) is 1. The lowest BCUT2D eigenvalue weighted by Crippen LogP contribution is -2.01. The molecule has 2 aromatic rings. The topological polar surface area (TPSA) is 67.6 Å². The lowest BCUT2D eigenvalue weighted by molar-refractivity contribution is 0.955. The van der Waals surface area contributed by atoms with E-state index in [0.29, 0.717) is 6.54 Å². The van der Waals surface area contributed by atoms with Gasteiger partial charge in [0.2, 0.25) is 5.16 Å². The second-order valence-corrected chi connectivity index (χ2v) is 4.43. The summed E-state index contributed by atoms with van der Waals surface area (Å²) in [5, 5.41) is 7.84. The van der Waals surface area contributed by atoms with Crippen molar-refractivity contribution in [2.45, 2.75) is 11.6 Å². The fraction of sp³-hybridized carbons (Fsp3) is 0.273. The van der Waals surface area contributed by atoms with Crippen LogP contribution in [-0.2, 0) is 6.42 Å². The maximum Gasteiger partial charge on any atom is 0.208 e. The third-order valence-electron chi connectivity index (χ3n) is 2.07. The van der Waals surface area contributed by atoms with E-state index >= 15 is 0 Å². The maximum absolute atomic E-state index is 5.42. The number of aromatic nitrogens is 3. The molecule has 4 nitrogen and oxygen atoms in total. The molecule has 1 aromatic carbocycles. The van der Waals surface area contributed by atoms with Crippen molar-refractivity contribution in [3.8, 4) is 0 Å². The Balaban J connectivity index is 1.97. The zero-order valence-electron chi connectivity index (χ0n) is 8.89. The number of nitrogens with one attached hydrogen (secondary N) is 1. The molecule has 0 aliphatic rings. The van der Waals surface area contributed by atoms with Crippen LogP contribution in [0, 0.1) is 0 Å². The van der Waals surface area contributed by atoms with Crippen molar-refractivity contribution in [1.82, 2.24) is 15.2 Å². The Morgan fingerprint density at radius 2 is 2.06 bits per heavy atom. The van der Waals surface area contributed by atoms with Crippen molar-refractivity contribution in [2.24, 2.45) is 5.73 Å².